The van der Waals surface area contributed by atoms with Crippen LogP contribution in [0.15, 0.2) is 42.1 Å². The number of aliphatic hydroxyl groups excluding tert-OH is 3. The first kappa shape index (κ1) is 23.1. The van der Waals surface area contributed by atoms with Crippen molar-refractivity contribution in [3.63, 3.8) is 0 Å². The molecule has 2 saturated heterocycles. The fraction of sp³-hybridized carbons (Fsp3) is 0.560. The Hall–Kier alpha value is -2.03. The lowest BCUT2D eigenvalue weighted by molar-refractivity contribution is -0.165. The molecule has 4 N–H and O–H groups in total. The van der Waals surface area contributed by atoms with Gasteiger partial charge < -0.3 is 29.8 Å². The van der Waals surface area contributed by atoms with Crippen molar-refractivity contribution in [2.24, 2.45) is 11.8 Å². The van der Waals surface area contributed by atoms with Crippen LogP contribution in [0.3, 0.4) is 0 Å². The molecule has 0 unspecified atom stereocenters. The van der Waals surface area contributed by atoms with Crippen LogP contribution >= 0.6 is 0 Å². The molecule has 0 aliphatic carbocycles. The highest BCUT2D eigenvalue weighted by Gasteiger charge is 2.48. The van der Waals surface area contributed by atoms with Crippen molar-refractivity contribution in [1.82, 2.24) is 9.97 Å². The fourth-order valence-electron chi connectivity index (χ4n) is 4.50. The number of hydrogen-bond acceptors (Lipinski definition) is 6. The number of nitrogens with zero attached hydrogens (tertiary/aromatic N) is 1. The minimum Gasteiger partial charge on any atom is -0.393 e. The van der Waals surface area contributed by atoms with Crippen LogP contribution in [0.4, 0.5) is 0 Å². The van der Waals surface area contributed by atoms with Crippen LogP contribution in [-0.2, 0) is 9.47 Å². The number of imidazole rings is 1. The summed E-state index contributed by atoms with van der Waals surface area (Å²) >= 11 is 0. The van der Waals surface area contributed by atoms with E-state index in [0.717, 1.165) is 22.7 Å². The Morgan fingerprint density at radius 2 is 1.94 bits per heavy atom. The molecule has 4 rings (SSSR count). The molecule has 1 aromatic heterocycles. The summed E-state index contributed by atoms with van der Waals surface area (Å²) in [5.74, 6) is 0.616. The normalized spacial score (nSPS) is 32.5. The molecule has 7 nitrogen and oxygen atoms in total. The van der Waals surface area contributed by atoms with Gasteiger partial charge >= 0.3 is 0 Å². The second-order valence-electron chi connectivity index (χ2n) is 9.33. The maximum Gasteiger partial charge on any atom is 0.130 e. The average molecular weight is 443 g/mol. The number of aromatic amines is 1. The van der Waals surface area contributed by atoms with Gasteiger partial charge in [-0.2, -0.15) is 0 Å². The molecule has 8 atom stereocenters. The first-order valence-electron chi connectivity index (χ1n) is 11.4. The van der Waals surface area contributed by atoms with Gasteiger partial charge in [0, 0.05) is 11.8 Å². The summed E-state index contributed by atoms with van der Waals surface area (Å²) in [4.78, 5) is 7.73. The van der Waals surface area contributed by atoms with E-state index in [-0.39, 0.29) is 24.0 Å². The Morgan fingerprint density at radius 3 is 2.66 bits per heavy atom. The molecular weight excluding hydrogens is 408 g/mol. The first-order valence-corrected chi connectivity index (χ1v) is 11.4. The second-order valence-corrected chi connectivity index (χ2v) is 9.33. The quantitative estimate of drug-likeness (QED) is 0.468. The molecule has 2 aliphatic heterocycles. The molecule has 0 bridgehead atoms. The number of hydrogen-bond donors (Lipinski definition) is 4. The van der Waals surface area contributed by atoms with E-state index in [4.69, 9.17) is 9.47 Å². The molecule has 3 heterocycles. The summed E-state index contributed by atoms with van der Waals surface area (Å²) in [6.45, 7) is 6.08. The number of aliphatic hydroxyl groups is 3. The van der Waals surface area contributed by atoms with Gasteiger partial charge in [-0.15, -0.1) is 0 Å². The van der Waals surface area contributed by atoms with E-state index in [1.807, 2.05) is 50.3 Å². The van der Waals surface area contributed by atoms with E-state index < -0.39 is 24.4 Å². The summed E-state index contributed by atoms with van der Waals surface area (Å²) in [6.07, 6.45) is 2.18. The lowest BCUT2D eigenvalue weighted by Crippen LogP contribution is -2.50. The molecule has 2 fully saturated rings. The van der Waals surface area contributed by atoms with Crippen LogP contribution in [0.25, 0.3) is 17.3 Å². The zero-order valence-corrected chi connectivity index (χ0v) is 18.9. The molecule has 2 aliphatic rings. The van der Waals surface area contributed by atoms with Crippen LogP contribution in [-0.4, -0.2) is 68.5 Å². The zero-order valence-electron chi connectivity index (χ0n) is 18.9. The highest BCUT2D eigenvalue weighted by atomic mass is 16.6. The van der Waals surface area contributed by atoms with Crippen molar-refractivity contribution in [1.29, 1.82) is 0 Å². The van der Waals surface area contributed by atoms with Crippen LogP contribution < -0.4 is 0 Å². The molecule has 0 amide bonds. The number of rotatable bonds is 8. The van der Waals surface area contributed by atoms with Crippen LogP contribution in [0.5, 0.6) is 0 Å². The minimum atomic E-state index is -0.958. The van der Waals surface area contributed by atoms with Crippen molar-refractivity contribution >= 4 is 6.08 Å². The van der Waals surface area contributed by atoms with Gasteiger partial charge in [0.2, 0.25) is 0 Å². The van der Waals surface area contributed by atoms with E-state index >= 15 is 0 Å². The molecule has 1 aromatic carbocycles. The third kappa shape index (κ3) is 5.30. The summed E-state index contributed by atoms with van der Waals surface area (Å²) < 4.78 is 11.6. The Balaban J connectivity index is 1.30. The maximum atomic E-state index is 10.7. The minimum absolute atomic E-state index is 0.00555. The van der Waals surface area contributed by atoms with Gasteiger partial charge in [-0.3, -0.25) is 0 Å². The Bertz CT molecular complexity index is 912. The molecule has 0 saturated carbocycles. The number of benzene rings is 1. The number of ether oxygens (including phenoxy) is 2. The molecule has 0 radical (unpaired) electrons. The zero-order chi connectivity index (χ0) is 22.8. The number of aromatic nitrogens is 2. The standard InChI is InChI=1S/C25H34N2O5/c1-14(10-22-26-12-19(27-22)17-7-5-4-6-8-17)9-20-24(30)23(29)18(13-31-20)11-21-25(32-21)15(2)16(3)28/h4-8,10,12,15-16,18,20-21,23-25,28-30H,9,11,13H2,1-3H3,(H,26,27)/b14-10+/t15-,16-,18-,20-,21-,23+,24-,25-/m0/s1. The lowest BCUT2D eigenvalue weighted by atomic mass is 9.85. The van der Waals surface area contributed by atoms with Crippen LogP contribution in [0.2, 0.25) is 0 Å². The second kappa shape index (κ2) is 9.85. The van der Waals surface area contributed by atoms with Crippen LogP contribution in [0.1, 0.15) is 39.4 Å². The van der Waals surface area contributed by atoms with E-state index in [1.165, 1.54) is 0 Å². The van der Waals surface area contributed by atoms with Crippen molar-refractivity contribution in [2.45, 2.75) is 70.2 Å². The molecule has 174 valence electrons. The van der Waals surface area contributed by atoms with Gasteiger partial charge in [-0.25, -0.2) is 4.98 Å². The fourth-order valence-corrected chi connectivity index (χ4v) is 4.50. The van der Waals surface area contributed by atoms with E-state index in [2.05, 4.69) is 9.97 Å². The van der Waals surface area contributed by atoms with Crippen molar-refractivity contribution in [3.8, 4) is 11.3 Å². The molecule has 7 heteroatoms. The van der Waals surface area contributed by atoms with Gasteiger partial charge in [-0.05, 0) is 38.3 Å². The summed E-state index contributed by atoms with van der Waals surface area (Å²) in [6, 6.07) is 10.0. The molecule has 2 aromatic rings. The summed E-state index contributed by atoms with van der Waals surface area (Å²) in [7, 11) is 0. The van der Waals surface area contributed by atoms with Crippen molar-refractivity contribution in [3.05, 3.63) is 47.9 Å². The highest BCUT2D eigenvalue weighted by molar-refractivity contribution is 5.60. The predicted octanol–water partition coefficient (Wildman–Crippen LogP) is 2.78. The molecule has 32 heavy (non-hydrogen) atoms. The van der Waals surface area contributed by atoms with Crippen molar-refractivity contribution in [2.75, 3.05) is 6.61 Å². The highest BCUT2D eigenvalue weighted by Crippen LogP contribution is 2.38. The lowest BCUT2D eigenvalue weighted by Gasteiger charge is -2.38. The van der Waals surface area contributed by atoms with E-state index in [9.17, 15) is 15.3 Å². The monoisotopic (exact) mass is 442 g/mol. The van der Waals surface area contributed by atoms with Gasteiger partial charge in [0.05, 0.1) is 49.0 Å². The topological polar surface area (TPSA) is 111 Å². The Kier molecular flexibility index (Phi) is 7.12. The third-order valence-corrected chi connectivity index (χ3v) is 6.76. The van der Waals surface area contributed by atoms with Gasteiger partial charge in [0.25, 0.3) is 0 Å². The number of H-pyrrole nitrogens is 1. The largest absolute Gasteiger partial charge is 0.393 e. The molecular formula is C25H34N2O5. The first-order chi connectivity index (χ1) is 15.3. The molecule has 0 spiro atoms. The van der Waals surface area contributed by atoms with Gasteiger partial charge in [0.15, 0.2) is 0 Å². The predicted molar refractivity (Wildman–Crippen MR) is 122 cm³/mol. The Labute approximate surface area is 189 Å². The smallest absolute Gasteiger partial charge is 0.130 e. The van der Waals surface area contributed by atoms with E-state index in [0.29, 0.717) is 19.4 Å². The third-order valence-electron chi connectivity index (χ3n) is 6.76. The SMILES string of the molecule is C/C(=C\c1ncc(-c2ccccc2)[nH]1)C[C@@H]1OC[C@H](C[C@@H]2O[C@H]2[C@@H](C)[C@H](C)O)[C@@H](O)[C@H]1O. The Morgan fingerprint density at radius 1 is 1.19 bits per heavy atom. The van der Waals surface area contributed by atoms with Gasteiger partial charge in [0.1, 0.15) is 11.9 Å². The summed E-state index contributed by atoms with van der Waals surface area (Å²) in [5, 5.41) is 31.1. The number of epoxide rings is 1. The maximum absolute atomic E-state index is 10.7. The van der Waals surface area contributed by atoms with Crippen molar-refractivity contribution < 1.29 is 24.8 Å². The van der Waals surface area contributed by atoms with E-state index in [1.54, 1.807) is 13.1 Å². The summed E-state index contributed by atoms with van der Waals surface area (Å²) in [5.41, 5.74) is 3.02. The van der Waals surface area contributed by atoms with Gasteiger partial charge in [-0.1, -0.05) is 42.8 Å². The number of nitrogens with one attached hydrogen (secondary N) is 1. The average Bonchev–Trinajstić information content (AvgIpc) is 3.39. The van der Waals surface area contributed by atoms with Crippen LogP contribution in [0, 0.1) is 11.8 Å².